The van der Waals surface area contributed by atoms with Crippen molar-refractivity contribution in [3.05, 3.63) is 58.4 Å². The molecule has 4 rings (SSSR count). The van der Waals surface area contributed by atoms with Crippen molar-refractivity contribution in [2.45, 2.75) is 28.7 Å². The van der Waals surface area contributed by atoms with E-state index in [9.17, 15) is 4.39 Å². The van der Waals surface area contributed by atoms with E-state index in [2.05, 4.69) is 15.9 Å². The van der Waals surface area contributed by atoms with E-state index >= 15 is 0 Å². The Morgan fingerprint density at radius 1 is 1.11 bits per heavy atom. The van der Waals surface area contributed by atoms with Gasteiger partial charge in [0.2, 0.25) is 0 Å². The van der Waals surface area contributed by atoms with Crippen LogP contribution in [0.15, 0.2) is 46.2 Å². The van der Waals surface area contributed by atoms with Crippen molar-refractivity contribution < 1.29 is 4.39 Å². The van der Waals surface area contributed by atoms with E-state index in [-0.39, 0.29) is 11.9 Å². The molecular weight excluding hydrogens is 381 g/mol. The van der Waals surface area contributed by atoms with Crippen molar-refractivity contribution in [3.8, 4) is 6.07 Å². The molecule has 0 N–H and O–H groups in total. The molecule has 1 atom stereocenters. The van der Waals surface area contributed by atoms with Gasteiger partial charge in [0.15, 0.2) is 0 Å². The molecule has 0 bridgehead atoms. The van der Waals surface area contributed by atoms with Gasteiger partial charge < -0.3 is 0 Å². The number of fused-ring (bicyclic) bond motifs is 2. The number of hydrogen-bond acceptors (Lipinski definition) is 4. The predicted octanol–water partition coefficient (Wildman–Crippen LogP) is 4.76. The summed E-state index contributed by atoms with van der Waals surface area (Å²) >= 11 is 7.89. The predicted molar refractivity (Wildman–Crippen MR) is 107 cm³/mol. The Kier molecular flexibility index (Phi) is 5.70. The standard InChI is InChI=1S/C21H21ClFN3S/c22-16-2-5-20-15(12-16)13-19(18-4-3-17(23)14-21(18)27-20)26-10-8-25(9-11-26)7-1-6-24/h2-5,12,14,19H,1,7-11,13H2/t19-/m0/s1. The van der Waals surface area contributed by atoms with Crippen molar-refractivity contribution >= 4 is 23.4 Å². The van der Waals surface area contributed by atoms with Gasteiger partial charge >= 0.3 is 0 Å². The van der Waals surface area contributed by atoms with Crippen molar-refractivity contribution in [2.75, 3.05) is 32.7 Å². The Labute approximate surface area is 168 Å². The molecule has 0 aliphatic carbocycles. The molecule has 0 unspecified atom stereocenters. The molecule has 27 heavy (non-hydrogen) atoms. The maximum Gasteiger partial charge on any atom is 0.124 e. The van der Waals surface area contributed by atoms with Crippen LogP contribution in [-0.4, -0.2) is 42.5 Å². The highest BCUT2D eigenvalue weighted by Gasteiger charge is 2.30. The van der Waals surface area contributed by atoms with Gasteiger partial charge in [-0.1, -0.05) is 29.4 Å². The highest BCUT2D eigenvalue weighted by Crippen LogP contribution is 2.43. The van der Waals surface area contributed by atoms with Crippen LogP contribution >= 0.6 is 23.4 Å². The van der Waals surface area contributed by atoms with Crippen molar-refractivity contribution in [1.82, 2.24) is 9.80 Å². The minimum Gasteiger partial charge on any atom is -0.300 e. The van der Waals surface area contributed by atoms with E-state index in [0.717, 1.165) is 54.0 Å². The van der Waals surface area contributed by atoms with Gasteiger partial charge in [0.05, 0.1) is 6.07 Å². The Morgan fingerprint density at radius 2 is 1.93 bits per heavy atom. The number of piperazine rings is 1. The van der Waals surface area contributed by atoms with E-state index in [1.165, 1.54) is 11.1 Å². The van der Waals surface area contributed by atoms with E-state index in [1.54, 1.807) is 23.9 Å². The van der Waals surface area contributed by atoms with E-state index in [1.807, 2.05) is 24.3 Å². The van der Waals surface area contributed by atoms with Crippen LogP contribution in [0.3, 0.4) is 0 Å². The number of hydrogen-bond donors (Lipinski definition) is 0. The minimum absolute atomic E-state index is 0.196. The number of halogens is 2. The summed E-state index contributed by atoms with van der Waals surface area (Å²) in [6, 6.07) is 13.6. The fraction of sp³-hybridized carbons (Fsp3) is 0.381. The van der Waals surface area contributed by atoms with Crippen LogP contribution in [0.1, 0.15) is 23.6 Å². The number of rotatable bonds is 3. The highest BCUT2D eigenvalue weighted by molar-refractivity contribution is 7.99. The van der Waals surface area contributed by atoms with Crippen LogP contribution in [0.5, 0.6) is 0 Å². The van der Waals surface area contributed by atoms with E-state index in [0.29, 0.717) is 6.42 Å². The molecule has 1 saturated heterocycles. The molecule has 2 aliphatic heterocycles. The third-order valence-electron chi connectivity index (χ3n) is 5.38. The number of benzene rings is 2. The molecule has 0 spiro atoms. The Bertz CT molecular complexity index is 874. The van der Waals surface area contributed by atoms with Crippen molar-refractivity contribution in [1.29, 1.82) is 5.26 Å². The molecule has 2 aliphatic rings. The third-order valence-corrected chi connectivity index (χ3v) is 6.80. The Morgan fingerprint density at radius 3 is 2.70 bits per heavy atom. The maximum atomic E-state index is 13.9. The molecule has 0 amide bonds. The molecule has 140 valence electrons. The Hall–Kier alpha value is -1.58. The second kappa shape index (κ2) is 8.20. The number of nitriles is 1. The molecule has 0 aromatic heterocycles. The Balaban J connectivity index is 1.62. The van der Waals surface area contributed by atoms with Gasteiger partial charge in [0.1, 0.15) is 5.82 Å². The lowest BCUT2D eigenvalue weighted by Crippen LogP contribution is -2.48. The third kappa shape index (κ3) is 4.14. The van der Waals surface area contributed by atoms with Crippen molar-refractivity contribution in [2.24, 2.45) is 0 Å². The molecule has 0 radical (unpaired) electrons. The highest BCUT2D eigenvalue weighted by atomic mass is 35.5. The first-order valence-corrected chi connectivity index (χ1v) is 10.4. The SMILES string of the molecule is N#CCCN1CCN([C@H]2Cc3cc(Cl)ccc3Sc3cc(F)ccc32)CC1. The van der Waals surface area contributed by atoms with Gasteiger partial charge in [-0.15, -0.1) is 0 Å². The van der Waals surface area contributed by atoms with Crippen LogP contribution in [0.25, 0.3) is 0 Å². The second-order valence-corrected chi connectivity index (χ2v) is 8.56. The monoisotopic (exact) mass is 401 g/mol. The molecular formula is C21H21ClFN3S. The van der Waals surface area contributed by atoms with Crippen LogP contribution in [-0.2, 0) is 6.42 Å². The number of nitrogens with zero attached hydrogens (tertiary/aromatic N) is 3. The van der Waals surface area contributed by atoms with Crippen LogP contribution in [0.2, 0.25) is 5.02 Å². The zero-order valence-electron chi connectivity index (χ0n) is 15.0. The zero-order valence-corrected chi connectivity index (χ0v) is 16.6. The van der Waals surface area contributed by atoms with Gasteiger partial charge in [-0.05, 0) is 47.9 Å². The summed E-state index contributed by atoms with van der Waals surface area (Å²) in [6.07, 6.45) is 1.45. The largest absolute Gasteiger partial charge is 0.300 e. The summed E-state index contributed by atoms with van der Waals surface area (Å²) in [5, 5.41) is 9.54. The molecule has 1 fully saturated rings. The van der Waals surface area contributed by atoms with Gasteiger partial charge in [-0.3, -0.25) is 9.80 Å². The maximum absolute atomic E-state index is 13.9. The van der Waals surface area contributed by atoms with Crippen LogP contribution in [0, 0.1) is 17.1 Å². The summed E-state index contributed by atoms with van der Waals surface area (Å²) in [4.78, 5) is 6.99. The van der Waals surface area contributed by atoms with Crippen LogP contribution in [0.4, 0.5) is 4.39 Å². The topological polar surface area (TPSA) is 30.3 Å². The first-order valence-electron chi connectivity index (χ1n) is 9.23. The molecule has 2 aromatic rings. The quantitative estimate of drug-likeness (QED) is 0.741. The van der Waals surface area contributed by atoms with E-state index < -0.39 is 0 Å². The average molecular weight is 402 g/mol. The van der Waals surface area contributed by atoms with Gasteiger partial charge in [-0.25, -0.2) is 4.39 Å². The fourth-order valence-corrected chi connectivity index (χ4v) is 5.28. The summed E-state index contributed by atoms with van der Waals surface area (Å²) in [6.45, 7) is 4.67. The lowest BCUT2D eigenvalue weighted by molar-refractivity contribution is 0.0957. The zero-order chi connectivity index (χ0) is 18.8. The summed E-state index contributed by atoms with van der Waals surface area (Å²) < 4.78 is 13.9. The minimum atomic E-state index is -0.196. The lowest BCUT2D eigenvalue weighted by atomic mass is 9.96. The molecule has 6 heteroatoms. The van der Waals surface area contributed by atoms with E-state index in [4.69, 9.17) is 16.9 Å². The second-order valence-electron chi connectivity index (χ2n) is 7.04. The first-order chi connectivity index (χ1) is 13.1. The first kappa shape index (κ1) is 18.8. The molecule has 3 nitrogen and oxygen atoms in total. The smallest absolute Gasteiger partial charge is 0.124 e. The average Bonchev–Trinajstić information content (AvgIpc) is 2.82. The summed E-state index contributed by atoms with van der Waals surface area (Å²) in [7, 11) is 0. The van der Waals surface area contributed by atoms with Gasteiger partial charge in [-0.2, -0.15) is 5.26 Å². The van der Waals surface area contributed by atoms with Gasteiger partial charge in [0, 0.05) is 60.0 Å². The summed E-state index contributed by atoms with van der Waals surface area (Å²) in [5.41, 5.74) is 2.42. The fourth-order valence-electron chi connectivity index (χ4n) is 3.95. The molecule has 2 aromatic carbocycles. The van der Waals surface area contributed by atoms with Crippen molar-refractivity contribution in [3.63, 3.8) is 0 Å². The molecule has 2 heterocycles. The lowest BCUT2D eigenvalue weighted by Gasteiger charge is -2.39. The normalized spacial score (nSPS) is 20.4. The summed E-state index contributed by atoms with van der Waals surface area (Å²) in [5.74, 6) is -0.196. The molecule has 0 saturated carbocycles. The van der Waals surface area contributed by atoms with Crippen LogP contribution < -0.4 is 0 Å². The van der Waals surface area contributed by atoms with Gasteiger partial charge in [0.25, 0.3) is 0 Å².